The Morgan fingerprint density at radius 3 is 2.76 bits per heavy atom. The van der Waals surface area contributed by atoms with E-state index >= 15 is 0 Å². The highest BCUT2D eigenvalue weighted by Crippen LogP contribution is 2.37. The first kappa shape index (κ1) is 16.1. The highest BCUT2D eigenvalue weighted by molar-refractivity contribution is 5.55. The number of ether oxygens (including phenoxy) is 2. The Morgan fingerprint density at radius 1 is 1.33 bits per heavy atom. The molecule has 0 spiro atoms. The van der Waals surface area contributed by atoms with Crippen molar-refractivity contribution >= 4 is 0 Å². The van der Waals surface area contributed by atoms with Crippen molar-refractivity contribution in [1.29, 1.82) is 0 Å². The van der Waals surface area contributed by atoms with E-state index in [-0.39, 0.29) is 6.61 Å². The Bertz CT molecular complexity index is 477. The van der Waals surface area contributed by atoms with Crippen LogP contribution in [0.1, 0.15) is 30.0 Å². The van der Waals surface area contributed by atoms with Crippen LogP contribution in [0.25, 0.3) is 0 Å². The van der Waals surface area contributed by atoms with Gasteiger partial charge in [-0.3, -0.25) is 0 Å². The maximum Gasteiger partial charge on any atom is 0.127 e. The fourth-order valence-corrected chi connectivity index (χ4v) is 2.92. The van der Waals surface area contributed by atoms with E-state index in [9.17, 15) is 0 Å². The van der Waals surface area contributed by atoms with Crippen molar-refractivity contribution in [3.05, 3.63) is 22.8 Å². The number of hydrogen-bond acceptors (Lipinski definition) is 5. The number of rotatable bonds is 7. The number of nitrogens with one attached hydrogen (secondary N) is 2. The van der Waals surface area contributed by atoms with Crippen molar-refractivity contribution in [1.82, 2.24) is 10.6 Å². The molecule has 21 heavy (non-hydrogen) atoms. The van der Waals surface area contributed by atoms with E-state index in [4.69, 9.17) is 14.6 Å². The number of methoxy groups -OCH3 is 2. The molecule has 1 aromatic carbocycles. The second-order valence-electron chi connectivity index (χ2n) is 5.32. The van der Waals surface area contributed by atoms with Crippen LogP contribution in [0.5, 0.6) is 11.5 Å². The smallest absolute Gasteiger partial charge is 0.127 e. The minimum absolute atomic E-state index is 0.131. The maximum absolute atomic E-state index is 8.90. The molecule has 0 amide bonds. The lowest BCUT2D eigenvalue weighted by atomic mass is 9.90. The molecule has 1 aliphatic heterocycles. The zero-order valence-corrected chi connectivity index (χ0v) is 13.2. The van der Waals surface area contributed by atoms with E-state index in [0.717, 1.165) is 36.4 Å². The summed E-state index contributed by atoms with van der Waals surface area (Å²) in [6.07, 6.45) is 2.05. The van der Waals surface area contributed by atoms with E-state index in [1.54, 1.807) is 14.2 Å². The number of fused-ring (bicyclic) bond motifs is 1. The van der Waals surface area contributed by atoms with Crippen molar-refractivity contribution < 1.29 is 14.6 Å². The van der Waals surface area contributed by atoms with Crippen LogP contribution < -0.4 is 20.1 Å². The SMILES string of the molecule is CCC1Cc2c(c(OC)cc(CNCCO)c2OC)CN1. The van der Waals surface area contributed by atoms with Gasteiger partial charge < -0.3 is 25.2 Å². The first-order chi connectivity index (χ1) is 10.2. The lowest BCUT2D eigenvalue weighted by Crippen LogP contribution is -2.35. The number of hydrogen-bond donors (Lipinski definition) is 3. The minimum Gasteiger partial charge on any atom is -0.496 e. The number of aliphatic hydroxyl groups is 1. The molecule has 1 heterocycles. The third-order valence-electron chi connectivity index (χ3n) is 4.07. The van der Waals surface area contributed by atoms with Crippen LogP contribution in [-0.2, 0) is 19.5 Å². The first-order valence-corrected chi connectivity index (χ1v) is 7.55. The van der Waals surface area contributed by atoms with Crippen molar-refractivity contribution in [3.63, 3.8) is 0 Å². The molecule has 0 bridgehead atoms. The lowest BCUT2D eigenvalue weighted by Gasteiger charge is -2.29. The summed E-state index contributed by atoms with van der Waals surface area (Å²) in [5.41, 5.74) is 3.53. The zero-order valence-electron chi connectivity index (χ0n) is 13.2. The van der Waals surface area contributed by atoms with Gasteiger partial charge in [0.25, 0.3) is 0 Å². The molecule has 1 aliphatic rings. The summed E-state index contributed by atoms with van der Waals surface area (Å²) in [7, 11) is 3.43. The van der Waals surface area contributed by atoms with Gasteiger partial charge in [0.15, 0.2) is 0 Å². The van der Waals surface area contributed by atoms with Crippen molar-refractivity contribution in [2.75, 3.05) is 27.4 Å². The van der Waals surface area contributed by atoms with Crippen LogP contribution in [0.3, 0.4) is 0 Å². The molecular formula is C16H26N2O3. The first-order valence-electron chi connectivity index (χ1n) is 7.55. The Morgan fingerprint density at radius 2 is 2.14 bits per heavy atom. The van der Waals surface area contributed by atoms with Crippen LogP contribution in [-0.4, -0.2) is 38.5 Å². The average molecular weight is 294 g/mol. The molecule has 0 aromatic heterocycles. The average Bonchev–Trinajstić information content (AvgIpc) is 2.53. The fourth-order valence-electron chi connectivity index (χ4n) is 2.92. The second-order valence-corrected chi connectivity index (χ2v) is 5.32. The Kier molecular flexibility index (Phi) is 5.85. The van der Waals surface area contributed by atoms with Crippen molar-refractivity contribution in [2.45, 2.75) is 38.9 Å². The Balaban J connectivity index is 2.37. The summed E-state index contributed by atoms with van der Waals surface area (Å²) in [5, 5.41) is 15.7. The summed E-state index contributed by atoms with van der Waals surface area (Å²) < 4.78 is 11.2. The summed E-state index contributed by atoms with van der Waals surface area (Å²) in [4.78, 5) is 0. The molecule has 0 saturated carbocycles. The van der Waals surface area contributed by atoms with Gasteiger partial charge in [0, 0.05) is 42.4 Å². The van der Waals surface area contributed by atoms with Crippen LogP contribution >= 0.6 is 0 Å². The normalized spacial score (nSPS) is 17.4. The van der Waals surface area contributed by atoms with Gasteiger partial charge in [0.2, 0.25) is 0 Å². The standard InChI is InChI=1S/C16H26N2O3/c1-4-12-8-13-14(10-18-12)15(20-2)7-11(16(13)21-3)9-17-5-6-19/h7,12,17-19H,4-6,8-10H2,1-3H3. The summed E-state index contributed by atoms with van der Waals surface area (Å²) in [5.74, 6) is 1.87. The van der Waals surface area contributed by atoms with Gasteiger partial charge in [-0.05, 0) is 18.9 Å². The fraction of sp³-hybridized carbons (Fsp3) is 0.625. The highest BCUT2D eigenvalue weighted by atomic mass is 16.5. The molecule has 3 N–H and O–H groups in total. The molecule has 1 aromatic rings. The van der Waals surface area contributed by atoms with Gasteiger partial charge in [-0.15, -0.1) is 0 Å². The molecule has 1 atom stereocenters. The van der Waals surface area contributed by atoms with Gasteiger partial charge in [0.05, 0.1) is 20.8 Å². The van der Waals surface area contributed by atoms with E-state index in [1.807, 2.05) is 6.07 Å². The monoisotopic (exact) mass is 294 g/mol. The second kappa shape index (κ2) is 7.64. The summed E-state index contributed by atoms with van der Waals surface area (Å²) in [6, 6.07) is 2.52. The molecule has 0 fully saturated rings. The molecule has 0 radical (unpaired) electrons. The molecule has 5 nitrogen and oxygen atoms in total. The van der Waals surface area contributed by atoms with E-state index in [0.29, 0.717) is 19.1 Å². The maximum atomic E-state index is 8.90. The van der Waals surface area contributed by atoms with Gasteiger partial charge in [0.1, 0.15) is 11.5 Å². The van der Waals surface area contributed by atoms with Crippen LogP contribution in [0.4, 0.5) is 0 Å². The Labute approximate surface area is 126 Å². The zero-order chi connectivity index (χ0) is 15.2. The third kappa shape index (κ3) is 3.48. The van der Waals surface area contributed by atoms with Crippen LogP contribution in [0.2, 0.25) is 0 Å². The van der Waals surface area contributed by atoms with Crippen molar-refractivity contribution in [3.8, 4) is 11.5 Å². The van der Waals surface area contributed by atoms with Gasteiger partial charge in [-0.1, -0.05) is 6.92 Å². The predicted octanol–water partition coefficient (Wildman–Crippen LogP) is 1.21. The number of aliphatic hydroxyl groups excluding tert-OH is 1. The summed E-state index contributed by atoms with van der Waals surface area (Å²) >= 11 is 0. The van der Waals surface area contributed by atoms with E-state index < -0.39 is 0 Å². The van der Waals surface area contributed by atoms with E-state index in [1.165, 1.54) is 11.1 Å². The molecular weight excluding hydrogens is 268 g/mol. The highest BCUT2D eigenvalue weighted by Gasteiger charge is 2.25. The van der Waals surface area contributed by atoms with Crippen LogP contribution in [0, 0.1) is 0 Å². The topological polar surface area (TPSA) is 62.8 Å². The van der Waals surface area contributed by atoms with Gasteiger partial charge in [-0.2, -0.15) is 0 Å². The van der Waals surface area contributed by atoms with Gasteiger partial charge >= 0.3 is 0 Å². The minimum atomic E-state index is 0.131. The predicted molar refractivity (Wildman–Crippen MR) is 83.0 cm³/mol. The largest absolute Gasteiger partial charge is 0.496 e. The lowest BCUT2D eigenvalue weighted by molar-refractivity contribution is 0.291. The molecule has 0 saturated heterocycles. The molecule has 2 rings (SSSR count). The summed E-state index contributed by atoms with van der Waals surface area (Å²) in [6.45, 7) is 4.38. The van der Waals surface area contributed by atoms with Crippen molar-refractivity contribution in [2.24, 2.45) is 0 Å². The quantitative estimate of drug-likeness (QED) is 0.660. The molecule has 118 valence electrons. The van der Waals surface area contributed by atoms with Crippen LogP contribution in [0.15, 0.2) is 6.07 Å². The molecule has 1 unspecified atom stereocenters. The molecule has 5 heteroatoms. The third-order valence-corrected chi connectivity index (χ3v) is 4.07. The molecule has 0 aliphatic carbocycles. The van der Waals surface area contributed by atoms with Gasteiger partial charge in [-0.25, -0.2) is 0 Å². The number of benzene rings is 1. The van der Waals surface area contributed by atoms with E-state index in [2.05, 4.69) is 17.6 Å². The Hall–Kier alpha value is -1.30.